The second-order valence-corrected chi connectivity index (χ2v) is 8.91. The van der Waals surface area contributed by atoms with Crippen LogP contribution in [0.3, 0.4) is 0 Å². The molecule has 2 aliphatic rings. The minimum Gasteiger partial charge on any atom is -0.236 e. The van der Waals surface area contributed by atoms with Crippen molar-refractivity contribution in [2.24, 2.45) is 0 Å². The molecule has 5 heteroatoms. The lowest BCUT2D eigenvalue weighted by atomic mass is 10.0. The lowest BCUT2D eigenvalue weighted by Crippen LogP contribution is -2.10. The van der Waals surface area contributed by atoms with Crippen LogP contribution in [0.4, 0.5) is 0 Å². The summed E-state index contributed by atoms with van der Waals surface area (Å²) in [7, 11) is 0. The monoisotopic (exact) mass is 436 g/mol. The van der Waals surface area contributed by atoms with Crippen molar-refractivity contribution in [2.45, 2.75) is 74.7 Å². The first-order valence-corrected chi connectivity index (χ1v) is 10.6. The topological polar surface area (TPSA) is 25.8 Å². The predicted molar refractivity (Wildman–Crippen MR) is 99.1 cm³/mol. The van der Waals surface area contributed by atoms with Gasteiger partial charge < -0.3 is 0 Å². The Morgan fingerprint density at radius 1 is 1.00 bits per heavy atom. The molecule has 0 saturated heterocycles. The van der Waals surface area contributed by atoms with Crippen LogP contribution in [0.15, 0.2) is 0 Å². The number of nitrogens with zero attached hydrogens (tertiary/aromatic N) is 2. The van der Waals surface area contributed by atoms with Crippen molar-refractivity contribution in [3.63, 3.8) is 0 Å². The number of aromatic nitrogens is 2. The molecule has 0 amide bonds. The van der Waals surface area contributed by atoms with Crippen molar-refractivity contribution >= 4 is 46.0 Å². The fraction of sp³-hybridized carbons (Fsp3) is 0.750. The van der Waals surface area contributed by atoms with Gasteiger partial charge in [-0.25, -0.2) is 9.97 Å². The summed E-state index contributed by atoms with van der Waals surface area (Å²) >= 11 is 10.7. The summed E-state index contributed by atoms with van der Waals surface area (Å²) in [6, 6.07) is 0. The smallest absolute Gasteiger partial charge is 0.146 e. The SMILES string of the molecule is Clc1nc(CSC2CCCCC2)nc(C2CCCC2)c1I. The Morgan fingerprint density at radius 2 is 1.67 bits per heavy atom. The molecule has 1 aromatic heterocycles. The molecular weight excluding hydrogens is 415 g/mol. The highest BCUT2D eigenvalue weighted by molar-refractivity contribution is 14.1. The fourth-order valence-corrected chi connectivity index (χ4v) is 5.50. The van der Waals surface area contributed by atoms with Gasteiger partial charge in [-0.15, -0.1) is 0 Å². The van der Waals surface area contributed by atoms with Crippen LogP contribution in [0.5, 0.6) is 0 Å². The molecule has 0 radical (unpaired) electrons. The third kappa shape index (κ3) is 4.25. The van der Waals surface area contributed by atoms with Gasteiger partial charge in [-0.05, 0) is 48.3 Å². The summed E-state index contributed by atoms with van der Waals surface area (Å²) in [4.78, 5) is 9.39. The van der Waals surface area contributed by atoms with Gasteiger partial charge >= 0.3 is 0 Å². The zero-order valence-corrected chi connectivity index (χ0v) is 16.0. The van der Waals surface area contributed by atoms with Crippen LogP contribution in [0.1, 0.15) is 75.2 Å². The maximum Gasteiger partial charge on any atom is 0.146 e. The number of halogens is 2. The van der Waals surface area contributed by atoms with Crippen molar-refractivity contribution in [2.75, 3.05) is 0 Å². The maximum atomic E-state index is 6.35. The molecule has 0 N–H and O–H groups in total. The number of hydrogen-bond donors (Lipinski definition) is 0. The first-order valence-electron chi connectivity index (χ1n) is 8.07. The van der Waals surface area contributed by atoms with Crippen LogP contribution in [0, 0.1) is 3.57 Å². The average Bonchev–Trinajstić information content (AvgIpc) is 3.03. The third-order valence-electron chi connectivity index (χ3n) is 4.62. The van der Waals surface area contributed by atoms with Crippen LogP contribution >= 0.6 is 46.0 Å². The normalized spacial score (nSPS) is 21.0. The van der Waals surface area contributed by atoms with Crippen LogP contribution in [-0.4, -0.2) is 15.2 Å². The first kappa shape index (κ1) is 16.3. The Balaban J connectivity index is 1.69. The third-order valence-corrected chi connectivity index (χ3v) is 7.65. The van der Waals surface area contributed by atoms with E-state index in [1.165, 1.54) is 63.5 Å². The fourth-order valence-electron chi connectivity index (χ4n) is 3.44. The first-order chi connectivity index (χ1) is 10.2. The van der Waals surface area contributed by atoms with E-state index in [0.29, 0.717) is 11.1 Å². The molecule has 2 aliphatic carbocycles. The molecule has 2 nitrogen and oxygen atoms in total. The zero-order chi connectivity index (χ0) is 14.7. The Labute approximate surface area is 150 Å². The highest BCUT2D eigenvalue weighted by atomic mass is 127. The molecule has 0 atom stereocenters. The van der Waals surface area contributed by atoms with E-state index in [-0.39, 0.29) is 0 Å². The quantitative estimate of drug-likeness (QED) is 0.430. The van der Waals surface area contributed by atoms with E-state index in [1.807, 2.05) is 11.8 Å². The number of hydrogen-bond acceptors (Lipinski definition) is 3. The minimum atomic E-state index is 0.607. The second-order valence-electron chi connectivity index (χ2n) is 6.18. The van der Waals surface area contributed by atoms with Crippen LogP contribution in [0.25, 0.3) is 0 Å². The van der Waals surface area contributed by atoms with E-state index >= 15 is 0 Å². The average molecular weight is 437 g/mol. The van der Waals surface area contributed by atoms with Crippen LogP contribution < -0.4 is 0 Å². The van der Waals surface area contributed by atoms with Gasteiger partial charge in [0.05, 0.1) is 15.0 Å². The van der Waals surface area contributed by atoms with Gasteiger partial charge in [0.2, 0.25) is 0 Å². The number of rotatable bonds is 4. The Hall–Kier alpha value is 0.450. The summed E-state index contributed by atoms with van der Waals surface area (Å²) in [6.07, 6.45) is 12.1. The highest BCUT2D eigenvalue weighted by Crippen LogP contribution is 2.37. The molecule has 2 saturated carbocycles. The molecular formula is C16H22ClIN2S. The van der Waals surface area contributed by atoms with Crippen molar-refractivity contribution in [1.82, 2.24) is 9.97 Å². The van der Waals surface area contributed by atoms with Crippen molar-refractivity contribution in [3.05, 3.63) is 20.2 Å². The molecule has 0 aliphatic heterocycles. The minimum absolute atomic E-state index is 0.607. The van der Waals surface area contributed by atoms with Crippen LogP contribution in [0.2, 0.25) is 5.15 Å². The van der Waals surface area contributed by atoms with Gasteiger partial charge in [0.25, 0.3) is 0 Å². The van der Waals surface area contributed by atoms with Crippen molar-refractivity contribution in [1.29, 1.82) is 0 Å². The standard InChI is InChI=1S/C16H22ClIN2S/c17-16-14(18)15(11-6-4-5-7-11)19-13(20-16)10-21-12-8-2-1-3-9-12/h11-12H,1-10H2. The Morgan fingerprint density at radius 3 is 2.38 bits per heavy atom. The summed E-state index contributed by atoms with van der Waals surface area (Å²) < 4.78 is 1.08. The van der Waals surface area contributed by atoms with Gasteiger partial charge in [0.1, 0.15) is 11.0 Å². The van der Waals surface area contributed by atoms with E-state index in [4.69, 9.17) is 16.6 Å². The van der Waals surface area contributed by atoms with Gasteiger partial charge in [0, 0.05) is 11.2 Å². The molecule has 0 unspecified atom stereocenters. The summed E-state index contributed by atoms with van der Waals surface area (Å²) in [6.45, 7) is 0. The molecule has 0 aromatic carbocycles. The van der Waals surface area contributed by atoms with Gasteiger partial charge in [0.15, 0.2) is 0 Å². The lowest BCUT2D eigenvalue weighted by Gasteiger charge is -2.21. The van der Waals surface area contributed by atoms with Crippen molar-refractivity contribution < 1.29 is 0 Å². The Kier molecular flexibility index (Phi) is 6.08. The zero-order valence-electron chi connectivity index (χ0n) is 12.3. The maximum absolute atomic E-state index is 6.35. The number of thioether (sulfide) groups is 1. The largest absolute Gasteiger partial charge is 0.236 e. The molecule has 0 bridgehead atoms. The van der Waals surface area contributed by atoms with E-state index in [0.717, 1.165) is 20.4 Å². The molecule has 1 aromatic rings. The lowest BCUT2D eigenvalue weighted by molar-refractivity contribution is 0.516. The van der Waals surface area contributed by atoms with Crippen LogP contribution in [-0.2, 0) is 5.75 Å². The van der Waals surface area contributed by atoms with Gasteiger partial charge in [-0.3, -0.25) is 0 Å². The Bertz CT molecular complexity index is 485. The highest BCUT2D eigenvalue weighted by Gasteiger charge is 2.23. The summed E-state index contributed by atoms with van der Waals surface area (Å²) in [5.41, 5.74) is 1.22. The van der Waals surface area contributed by atoms with E-state index in [9.17, 15) is 0 Å². The van der Waals surface area contributed by atoms with Gasteiger partial charge in [-0.1, -0.05) is 43.7 Å². The van der Waals surface area contributed by atoms with Crippen molar-refractivity contribution in [3.8, 4) is 0 Å². The molecule has 116 valence electrons. The molecule has 1 heterocycles. The van der Waals surface area contributed by atoms with E-state index in [1.54, 1.807) is 0 Å². The molecule has 3 rings (SSSR count). The summed E-state index contributed by atoms with van der Waals surface area (Å²) in [5, 5.41) is 1.46. The van der Waals surface area contributed by atoms with E-state index < -0.39 is 0 Å². The predicted octanol–water partition coefficient (Wildman–Crippen LogP) is 5.96. The molecule has 0 spiro atoms. The summed E-state index contributed by atoms with van der Waals surface area (Å²) in [5.74, 6) is 2.47. The van der Waals surface area contributed by atoms with E-state index in [2.05, 4.69) is 27.6 Å². The second kappa shape index (κ2) is 7.82. The van der Waals surface area contributed by atoms with Gasteiger partial charge in [-0.2, -0.15) is 11.8 Å². The molecule has 2 fully saturated rings. The molecule has 21 heavy (non-hydrogen) atoms.